The van der Waals surface area contributed by atoms with Gasteiger partial charge in [0.2, 0.25) is 0 Å². The first-order chi connectivity index (χ1) is 7.47. The molecule has 2 unspecified atom stereocenters. The number of methoxy groups -OCH3 is 1. The summed E-state index contributed by atoms with van der Waals surface area (Å²) in [5.41, 5.74) is 8.28. The molecule has 0 bridgehead atoms. The molecule has 0 aliphatic rings. The Morgan fingerprint density at radius 3 is 2.38 bits per heavy atom. The first-order valence-corrected chi connectivity index (χ1v) is 5.89. The molecule has 1 aromatic carbocycles. The highest BCUT2D eigenvalue weighted by Crippen LogP contribution is 2.25. The zero-order valence-electron chi connectivity index (χ0n) is 10.3. The Bertz CT molecular complexity index is 352. The third-order valence-electron chi connectivity index (χ3n) is 2.86. The number of rotatable bonds is 4. The molecule has 0 saturated heterocycles. The molecule has 3 heteroatoms. The monoisotopic (exact) mass is 241 g/mol. The number of halogens is 1. The molecule has 90 valence electrons. The molecule has 0 aromatic heterocycles. The molecule has 2 nitrogen and oxygen atoms in total. The summed E-state index contributed by atoms with van der Waals surface area (Å²) < 4.78 is 5.43. The van der Waals surface area contributed by atoms with Gasteiger partial charge in [-0.1, -0.05) is 37.6 Å². The molecule has 0 amide bonds. The maximum atomic E-state index is 6.19. The van der Waals surface area contributed by atoms with Crippen LogP contribution < -0.4 is 5.73 Å². The fourth-order valence-electron chi connectivity index (χ4n) is 1.84. The van der Waals surface area contributed by atoms with Crippen LogP contribution in [0.4, 0.5) is 0 Å². The Balaban J connectivity index is 2.94. The Hall–Kier alpha value is -0.570. The average Bonchev–Trinajstić information content (AvgIpc) is 2.22. The Morgan fingerprint density at radius 1 is 1.31 bits per heavy atom. The summed E-state index contributed by atoms with van der Waals surface area (Å²) in [6.45, 7) is 6.18. The van der Waals surface area contributed by atoms with Crippen molar-refractivity contribution in [2.24, 2.45) is 11.7 Å². The molecule has 0 saturated carbocycles. The van der Waals surface area contributed by atoms with Gasteiger partial charge in [-0.15, -0.1) is 0 Å². The standard InChI is InChI=1S/C13H20ClNO/c1-8(2)13(16-4)12(15)10-6-5-9(3)11(14)7-10/h5-8,12-13H,15H2,1-4H3. The van der Waals surface area contributed by atoms with Crippen LogP contribution in [0.15, 0.2) is 18.2 Å². The van der Waals surface area contributed by atoms with Crippen molar-refractivity contribution in [3.8, 4) is 0 Å². The van der Waals surface area contributed by atoms with Crippen LogP contribution in [0.1, 0.15) is 31.0 Å². The molecule has 0 aliphatic heterocycles. The molecule has 2 N–H and O–H groups in total. The predicted octanol–water partition coefficient (Wildman–Crippen LogP) is 3.32. The van der Waals surface area contributed by atoms with E-state index in [1.807, 2.05) is 25.1 Å². The Morgan fingerprint density at radius 2 is 1.94 bits per heavy atom. The van der Waals surface area contributed by atoms with E-state index in [4.69, 9.17) is 22.1 Å². The van der Waals surface area contributed by atoms with E-state index >= 15 is 0 Å². The van der Waals surface area contributed by atoms with Crippen molar-refractivity contribution in [2.45, 2.75) is 32.9 Å². The van der Waals surface area contributed by atoms with Crippen molar-refractivity contribution in [3.63, 3.8) is 0 Å². The highest BCUT2D eigenvalue weighted by Gasteiger charge is 2.22. The quantitative estimate of drug-likeness (QED) is 0.878. The molecular formula is C13H20ClNO. The summed E-state index contributed by atoms with van der Waals surface area (Å²) in [5.74, 6) is 0.375. The number of hydrogen-bond acceptors (Lipinski definition) is 2. The van der Waals surface area contributed by atoms with Crippen molar-refractivity contribution in [2.75, 3.05) is 7.11 Å². The minimum absolute atomic E-state index is 0.0128. The average molecular weight is 242 g/mol. The predicted molar refractivity (Wildman–Crippen MR) is 68.8 cm³/mol. The van der Waals surface area contributed by atoms with Crippen LogP contribution >= 0.6 is 11.6 Å². The van der Waals surface area contributed by atoms with Crippen molar-refractivity contribution in [3.05, 3.63) is 34.3 Å². The van der Waals surface area contributed by atoms with Crippen LogP contribution in [0.2, 0.25) is 5.02 Å². The lowest BCUT2D eigenvalue weighted by Crippen LogP contribution is -2.32. The zero-order valence-corrected chi connectivity index (χ0v) is 11.1. The lowest BCUT2D eigenvalue weighted by molar-refractivity contribution is 0.0437. The van der Waals surface area contributed by atoms with Gasteiger partial charge in [0.15, 0.2) is 0 Å². The van der Waals surface area contributed by atoms with Crippen molar-refractivity contribution in [1.29, 1.82) is 0 Å². The van der Waals surface area contributed by atoms with Crippen LogP contribution in [-0.2, 0) is 4.74 Å². The second kappa shape index (κ2) is 5.67. The van der Waals surface area contributed by atoms with Gasteiger partial charge in [0.05, 0.1) is 12.1 Å². The molecular weight excluding hydrogens is 222 g/mol. The second-order valence-corrected chi connectivity index (χ2v) is 4.89. The summed E-state index contributed by atoms with van der Waals surface area (Å²) in [4.78, 5) is 0. The van der Waals surface area contributed by atoms with Gasteiger partial charge in [-0.2, -0.15) is 0 Å². The van der Waals surface area contributed by atoms with Gasteiger partial charge in [-0.3, -0.25) is 0 Å². The molecule has 2 atom stereocenters. The van der Waals surface area contributed by atoms with Crippen LogP contribution in [0, 0.1) is 12.8 Å². The van der Waals surface area contributed by atoms with Crippen LogP contribution in [0.3, 0.4) is 0 Å². The number of hydrogen-bond donors (Lipinski definition) is 1. The third-order valence-corrected chi connectivity index (χ3v) is 3.27. The van der Waals surface area contributed by atoms with Gasteiger partial charge >= 0.3 is 0 Å². The van der Waals surface area contributed by atoms with Gasteiger partial charge in [-0.25, -0.2) is 0 Å². The highest BCUT2D eigenvalue weighted by molar-refractivity contribution is 6.31. The third kappa shape index (κ3) is 2.97. The van der Waals surface area contributed by atoms with Crippen LogP contribution in [-0.4, -0.2) is 13.2 Å². The van der Waals surface area contributed by atoms with Gasteiger partial charge in [0.1, 0.15) is 0 Å². The highest BCUT2D eigenvalue weighted by atomic mass is 35.5. The van der Waals surface area contributed by atoms with Gasteiger partial charge in [0, 0.05) is 12.1 Å². The number of aryl methyl sites for hydroxylation is 1. The van der Waals surface area contributed by atoms with E-state index in [0.29, 0.717) is 5.92 Å². The molecule has 0 spiro atoms. The summed E-state index contributed by atoms with van der Waals surface area (Å²) in [6, 6.07) is 5.80. The van der Waals surface area contributed by atoms with E-state index in [1.165, 1.54) is 0 Å². The lowest BCUT2D eigenvalue weighted by atomic mass is 9.94. The smallest absolute Gasteiger partial charge is 0.0786 e. The van der Waals surface area contributed by atoms with Crippen LogP contribution in [0.5, 0.6) is 0 Å². The molecule has 0 radical (unpaired) electrons. The van der Waals surface area contributed by atoms with Crippen molar-refractivity contribution in [1.82, 2.24) is 0 Å². The molecule has 0 fully saturated rings. The SMILES string of the molecule is COC(C(C)C)C(N)c1ccc(C)c(Cl)c1. The minimum atomic E-state index is -0.136. The normalized spacial score (nSPS) is 15.2. The topological polar surface area (TPSA) is 35.2 Å². The van der Waals surface area contributed by atoms with Crippen LogP contribution in [0.25, 0.3) is 0 Å². The van der Waals surface area contributed by atoms with E-state index in [-0.39, 0.29) is 12.1 Å². The van der Waals surface area contributed by atoms with Gasteiger partial charge in [-0.05, 0) is 30.0 Å². The van der Waals surface area contributed by atoms with E-state index in [2.05, 4.69) is 13.8 Å². The molecule has 16 heavy (non-hydrogen) atoms. The van der Waals surface area contributed by atoms with Gasteiger partial charge < -0.3 is 10.5 Å². The fourth-order valence-corrected chi connectivity index (χ4v) is 2.03. The first kappa shape index (κ1) is 13.5. The second-order valence-electron chi connectivity index (χ2n) is 4.48. The van der Waals surface area contributed by atoms with Crippen molar-refractivity contribution >= 4 is 11.6 Å². The number of benzene rings is 1. The molecule has 1 rings (SSSR count). The number of nitrogens with two attached hydrogens (primary N) is 1. The maximum Gasteiger partial charge on any atom is 0.0786 e. The van der Waals surface area contributed by atoms with E-state index < -0.39 is 0 Å². The molecule has 1 aromatic rings. The zero-order chi connectivity index (χ0) is 12.3. The first-order valence-electron chi connectivity index (χ1n) is 5.51. The summed E-state index contributed by atoms with van der Waals surface area (Å²) in [6.07, 6.45) is 0.0128. The summed E-state index contributed by atoms with van der Waals surface area (Å²) in [7, 11) is 1.69. The van der Waals surface area contributed by atoms with Crippen molar-refractivity contribution < 1.29 is 4.74 Å². The summed E-state index contributed by atoms with van der Waals surface area (Å²) >= 11 is 6.09. The number of ether oxygens (including phenoxy) is 1. The lowest BCUT2D eigenvalue weighted by Gasteiger charge is -2.26. The van der Waals surface area contributed by atoms with E-state index in [1.54, 1.807) is 7.11 Å². The Kier molecular flexibility index (Phi) is 4.78. The molecule has 0 aliphatic carbocycles. The maximum absolute atomic E-state index is 6.19. The molecule has 0 heterocycles. The summed E-state index contributed by atoms with van der Waals surface area (Å²) in [5, 5.41) is 0.756. The Labute approximate surface area is 103 Å². The fraction of sp³-hybridized carbons (Fsp3) is 0.538. The van der Waals surface area contributed by atoms with E-state index in [0.717, 1.165) is 16.1 Å². The van der Waals surface area contributed by atoms with Gasteiger partial charge in [0.25, 0.3) is 0 Å². The minimum Gasteiger partial charge on any atom is -0.379 e. The largest absolute Gasteiger partial charge is 0.379 e. The van der Waals surface area contributed by atoms with E-state index in [9.17, 15) is 0 Å².